The molecule has 128 valence electrons. The normalized spacial score (nSPS) is 11.1. The number of para-hydroxylation sites is 1. The quantitative estimate of drug-likeness (QED) is 0.873. The van der Waals surface area contributed by atoms with Crippen LogP contribution in [0.15, 0.2) is 53.4 Å². The molecule has 0 heterocycles. The Hall–Kier alpha value is -2.34. The Morgan fingerprint density at radius 2 is 1.67 bits per heavy atom. The zero-order chi connectivity index (χ0) is 17.7. The topological polar surface area (TPSA) is 66.5 Å². The molecule has 5 nitrogen and oxygen atoms in total. The second kappa shape index (κ2) is 7.49. The molecule has 0 radical (unpaired) electrons. The maximum absolute atomic E-state index is 12.7. The first-order chi connectivity index (χ1) is 11.4. The fourth-order valence-electron chi connectivity index (χ4n) is 2.43. The summed E-state index contributed by atoms with van der Waals surface area (Å²) < 4.78 is 27.9. The van der Waals surface area contributed by atoms with E-state index >= 15 is 0 Å². The van der Waals surface area contributed by atoms with Crippen LogP contribution in [0.25, 0.3) is 0 Å². The van der Waals surface area contributed by atoms with E-state index < -0.39 is 10.0 Å². The average Bonchev–Trinajstić information content (AvgIpc) is 2.56. The van der Waals surface area contributed by atoms with Gasteiger partial charge in [-0.15, -0.1) is 0 Å². The maximum Gasteiger partial charge on any atom is 0.262 e. The summed E-state index contributed by atoms with van der Waals surface area (Å²) in [5, 5.41) is 0. The number of anilines is 1. The first-order valence-corrected chi connectivity index (χ1v) is 9.35. The molecule has 2 rings (SSSR count). The maximum atomic E-state index is 12.7. The highest BCUT2D eigenvalue weighted by molar-refractivity contribution is 7.92. The Balaban J connectivity index is 2.39. The van der Waals surface area contributed by atoms with E-state index in [0.29, 0.717) is 29.9 Å². The largest absolute Gasteiger partial charge is 0.339 e. The fourth-order valence-corrected chi connectivity index (χ4v) is 3.76. The van der Waals surface area contributed by atoms with Gasteiger partial charge in [0.1, 0.15) is 0 Å². The van der Waals surface area contributed by atoms with Gasteiger partial charge in [-0.1, -0.05) is 24.3 Å². The van der Waals surface area contributed by atoms with Crippen LogP contribution in [0, 0.1) is 6.92 Å². The molecule has 2 aromatic rings. The summed E-state index contributed by atoms with van der Waals surface area (Å²) in [6.45, 7) is 6.65. The molecule has 0 saturated carbocycles. The van der Waals surface area contributed by atoms with Gasteiger partial charge in [0.15, 0.2) is 0 Å². The Morgan fingerprint density at radius 1 is 1.04 bits per heavy atom. The van der Waals surface area contributed by atoms with Crippen molar-refractivity contribution in [2.75, 3.05) is 17.8 Å². The van der Waals surface area contributed by atoms with Gasteiger partial charge in [0.05, 0.1) is 4.90 Å². The number of aryl methyl sites for hydroxylation is 1. The smallest absolute Gasteiger partial charge is 0.262 e. The highest BCUT2D eigenvalue weighted by atomic mass is 32.2. The molecular weight excluding hydrogens is 324 g/mol. The Bertz CT molecular complexity index is 813. The van der Waals surface area contributed by atoms with Gasteiger partial charge in [-0.2, -0.15) is 0 Å². The standard InChI is InChI=1S/C18H22N2O3S/c1-4-20(5-2)18(21)15-12-11-14(3)17(13-15)24(22,23)19-16-9-7-6-8-10-16/h6-13,19H,4-5H2,1-3H3. The molecule has 0 bridgehead atoms. The molecule has 0 aliphatic rings. The van der Waals surface area contributed by atoms with E-state index in [2.05, 4.69) is 4.72 Å². The minimum Gasteiger partial charge on any atom is -0.339 e. The minimum atomic E-state index is -3.76. The van der Waals surface area contributed by atoms with E-state index in [1.54, 1.807) is 48.2 Å². The van der Waals surface area contributed by atoms with Gasteiger partial charge in [0, 0.05) is 24.3 Å². The molecule has 6 heteroatoms. The molecule has 2 aromatic carbocycles. The molecule has 0 aliphatic carbocycles. The highest BCUT2D eigenvalue weighted by Gasteiger charge is 2.20. The van der Waals surface area contributed by atoms with Crippen molar-refractivity contribution in [3.8, 4) is 0 Å². The zero-order valence-corrected chi connectivity index (χ0v) is 14.9. The Morgan fingerprint density at radius 3 is 2.25 bits per heavy atom. The number of rotatable bonds is 6. The first-order valence-electron chi connectivity index (χ1n) is 7.86. The molecule has 0 atom stereocenters. The van der Waals surface area contributed by atoms with Crippen molar-refractivity contribution in [3.05, 3.63) is 59.7 Å². The van der Waals surface area contributed by atoms with Crippen LogP contribution in [-0.4, -0.2) is 32.3 Å². The Labute approximate surface area is 143 Å². The van der Waals surface area contributed by atoms with Gasteiger partial charge >= 0.3 is 0 Å². The lowest BCUT2D eigenvalue weighted by Gasteiger charge is -2.19. The lowest BCUT2D eigenvalue weighted by atomic mass is 10.1. The predicted molar refractivity (Wildman–Crippen MR) is 95.7 cm³/mol. The van der Waals surface area contributed by atoms with Crippen LogP contribution < -0.4 is 4.72 Å². The lowest BCUT2D eigenvalue weighted by Crippen LogP contribution is -2.30. The molecular formula is C18H22N2O3S. The van der Waals surface area contributed by atoms with Crippen LogP contribution in [0.5, 0.6) is 0 Å². The number of hydrogen-bond donors (Lipinski definition) is 1. The molecule has 0 spiro atoms. The van der Waals surface area contributed by atoms with Crippen molar-refractivity contribution in [3.63, 3.8) is 0 Å². The number of benzene rings is 2. The van der Waals surface area contributed by atoms with Crippen molar-refractivity contribution in [2.24, 2.45) is 0 Å². The average molecular weight is 346 g/mol. The van der Waals surface area contributed by atoms with Crippen LogP contribution in [-0.2, 0) is 10.0 Å². The third-order valence-corrected chi connectivity index (χ3v) is 5.32. The summed E-state index contributed by atoms with van der Waals surface area (Å²) in [6.07, 6.45) is 0. The molecule has 24 heavy (non-hydrogen) atoms. The first kappa shape index (κ1) is 18.0. The van der Waals surface area contributed by atoms with Gasteiger partial charge in [-0.05, 0) is 50.6 Å². The SMILES string of the molecule is CCN(CC)C(=O)c1ccc(C)c(S(=O)(=O)Nc2ccccc2)c1. The monoisotopic (exact) mass is 346 g/mol. The van der Waals surface area contributed by atoms with Crippen LogP contribution in [0.1, 0.15) is 29.8 Å². The van der Waals surface area contributed by atoms with Gasteiger partial charge in [-0.3, -0.25) is 9.52 Å². The van der Waals surface area contributed by atoms with E-state index in [1.165, 1.54) is 6.07 Å². The van der Waals surface area contributed by atoms with E-state index in [1.807, 2.05) is 19.9 Å². The van der Waals surface area contributed by atoms with Crippen molar-refractivity contribution in [1.82, 2.24) is 4.90 Å². The van der Waals surface area contributed by atoms with Gasteiger partial charge < -0.3 is 4.90 Å². The Kier molecular flexibility index (Phi) is 5.62. The molecule has 0 fully saturated rings. The van der Waals surface area contributed by atoms with E-state index in [9.17, 15) is 13.2 Å². The van der Waals surface area contributed by atoms with E-state index in [0.717, 1.165) is 0 Å². The van der Waals surface area contributed by atoms with E-state index in [-0.39, 0.29) is 10.8 Å². The molecule has 0 saturated heterocycles. The molecule has 0 aliphatic heterocycles. The molecule has 0 unspecified atom stereocenters. The van der Waals surface area contributed by atoms with Crippen molar-refractivity contribution in [2.45, 2.75) is 25.7 Å². The number of carbonyl (C=O) groups is 1. The number of carbonyl (C=O) groups excluding carboxylic acids is 1. The number of nitrogens with one attached hydrogen (secondary N) is 1. The van der Waals surface area contributed by atoms with Crippen LogP contribution in [0.3, 0.4) is 0 Å². The minimum absolute atomic E-state index is 0.115. The molecule has 1 N–H and O–H groups in total. The van der Waals surface area contributed by atoms with Gasteiger partial charge in [-0.25, -0.2) is 8.42 Å². The third kappa shape index (κ3) is 3.94. The number of nitrogens with zero attached hydrogens (tertiary/aromatic N) is 1. The van der Waals surface area contributed by atoms with Gasteiger partial charge in [0.25, 0.3) is 15.9 Å². The summed E-state index contributed by atoms with van der Waals surface area (Å²) in [6, 6.07) is 13.5. The summed E-state index contributed by atoms with van der Waals surface area (Å²) >= 11 is 0. The lowest BCUT2D eigenvalue weighted by molar-refractivity contribution is 0.0772. The van der Waals surface area contributed by atoms with Crippen LogP contribution in [0.2, 0.25) is 0 Å². The number of hydrogen-bond acceptors (Lipinski definition) is 3. The van der Waals surface area contributed by atoms with Crippen molar-refractivity contribution in [1.29, 1.82) is 0 Å². The van der Waals surface area contributed by atoms with Crippen molar-refractivity contribution < 1.29 is 13.2 Å². The summed E-state index contributed by atoms with van der Waals surface area (Å²) in [5.74, 6) is -0.170. The van der Waals surface area contributed by atoms with Crippen LogP contribution >= 0.6 is 0 Å². The number of amides is 1. The van der Waals surface area contributed by atoms with Gasteiger partial charge in [0.2, 0.25) is 0 Å². The summed E-state index contributed by atoms with van der Waals surface area (Å²) in [7, 11) is -3.76. The number of sulfonamides is 1. The molecule has 1 amide bonds. The summed E-state index contributed by atoms with van der Waals surface area (Å²) in [5.41, 5.74) is 1.45. The fraction of sp³-hybridized carbons (Fsp3) is 0.278. The molecule has 0 aromatic heterocycles. The summed E-state index contributed by atoms with van der Waals surface area (Å²) in [4.78, 5) is 14.2. The third-order valence-electron chi connectivity index (χ3n) is 3.80. The van der Waals surface area contributed by atoms with Crippen molar-refractivity contribution >= 4 is 21.6 Å². The predicted octanol–water partition coefficient (Wildman–Crippen LogP) is 3.28. The van der Waals surface area contributed by atoms with E-state index in [4.69, 9.17) is 0 Å². The second-order valence-electron chi connectivity index (χ2n) is 5.43. The zero-order valence-electron chi connectivity index (χ0n) is 14.1. The highest BCUT2D eigenvalue weighted by Crippen LogP contribution is 2.21. The van der Waals surface area contributed by atoms with Crippen LogP contribution in [0.4, 0.5) is 5.69 Å². The second-order valence-corrected chi connectivity index (χ2v) is 7.08.